The molecule has 4 nitrogen and oxygen atoms in total. The van der Waals surface area contributed by atoms with Crippen molar-refractivity contribution in [2.45, 2.75) is 39.5 Å². The van der Waals surface area contributed by atoms with Gasteiger partial charge in [-0.25, -0.2) is 4.98 Å². The van der Waals surface area contributed by atoms with Gasteiger partial charge in [0.05, 0.1) is 12.2 Å². The molecule has 0 saturated carbocycles. The van der Waals surface area contributed by atoms with Gasteiger partial charge in [0.25, 0.3) is 0 Å². The van der Waals surface area contributed by atoms with Crippen LogP contribution in [0.2, 0.25) is 0 Å². The summed E-state index contributed by atoms with van der Waals surface area (Å²) in [5.41, 5.74) is 0.959. The Morgan fingerprint density at radius 3 is 2.67 bits per heavy atom. The molecular weight excluding hydrogens is 226 g/mol. The van der Waals surface area contributed by atoms with Gasteiger partial charge in [-0.15, -0.1) is 6.58 Å². The van der Waals surface area contributed by atoms with E-state index in [1.165, 1.54) is 0 Å². The summed E-state index contributed by atoms with van der Waals surface area (Å²) in [6, 6.07) is 0. The molecule has 0 saturated heterocycles. The molecule has 1 aromatic rings. The van der Waals surface area contributed by atoms with Gasteiger partial charge in [-0.05, 0) is 19.8 Å². The highest BCUT2D eigenvalue weighted by Crippen LogP contribution is 2.24. The number of nitrogens with one attached hydrogen (secondary N) is 1. The Labute approximate surface area is 109 Å². The van der Waals surface area contributed by atoms with E-state index in [0.29, 0.717) is 12.5 Å². The van der Waals surface area contributed by atoms with Crippen molar-refractivity contribution >= 4 is 5.82 Å². The third-order valence-electron chi connectivity index (χ3n) is 2.66. The van der Waals surface area contributed by atoms with Gasteiger partial charge in [-0.1, -0.05) is 19.9 Å². The molecule has 0 bridgehead atoms. The zero-order valence-electron chi connectivity index (χ0n) is 11.8. The highest BCUT2D eigenvalue weighted by atomic mass is 16.5. The molecule has 1 aromatic heterocycles. The minimum atomic E-state index is 0.285. The summed E-state index contributed by atoms with van der Waals surface area (Å²) in [5.74, 6) is 2.62. The Kier molecular flexibility index (Phi) is 5.62. The molecule has 0 aliphatic carbocycles. The summed E-state index contributed by atoms with van der Waals surface area (Å²) in [4.78, 5) is 8.96. The standard InChI is InChI=1S/C14H23N3O/c1-6-7-8-9-18-14-11(4)13(15-5)16-12(17-14)10(2)3/h6,10H,1,7-9H2,2-5H3,(H,15,16,17). The summed E-state index contributed by atoms with van der Waals surface area (Å²) in [6.07, 6.45) is 3.81. The summed E-state index contributed by atoms with van der Waals surface area (Å²) < 4.78 is 5.73. The SMILES string of the molecule is C=CCCCOc1nc(C(C)C)nc(NC)c1C. The number of aromatic nitrogens is 2. The summed E-state index contributed by atoms with van der Waals surface area (Å²) in [5, 5.41) is 3.09. The third kappa shape index (κ3) is 3.72. The van der Waals surface area contributed by atoms with E-state index in [1.54, 1.807) is 0 Å². The predicted octanol–water partition coefficient (Wildman–Crippen LogP) is 3.30. The molecule has 0 fully saturated rings. The van der Waals surface area contributed by atoms with Crippen LogP contribution < -0.4 is 10.1 Å². The van der Waals surface area contributed by atoms with Gasteiger partial charge >= 0.3 is 0 Å². The lowest BCUT2D eigenvalue weighted by Gasteiger charge is -2.14. The molecule has 0 spiro atoms. The van der Waals surface area contributed by atoms with E-state index in [0.717, 1.165) is 30.0 Å². The van der Waals surface area contributed by atoms with E-state index in [4.69, 9.17) is 4.74 Å². The van der Waals surface area contributed by atoms with Crippen LogP contribution in [0, 0.1) is 6.92 Å². The second kappa shape index (κ2) is 6.99. The maximum atomic E-state index is 5.73. The molecule has 0 unspecified atom stereocenters. The zero-order chi connectivity index (χ0) is 13.5. The first-order valence-electron chi connectivity index (χ1n) is 6.40. The van der Waals surface area contributed by atoms with Gasteiger partial charge in [0.2, 0.25) is 5.88 Å². The predicted molar refractivity (Wildman–Crippen MR) is 75.3 cm³/mol. The molecule has 18 heavy (non-hydrogen) atoms. The Balaban J connectivity index is 2.87. The fraction of sp³-hybridized carbons (Fsp3) is 0.571. The number of anilines is 1. The smallest absolute Gasteiger partial charge is 0.221 e. The molecule has 0 radical (unpaired) electrons. The second-order valence-corrected chi connectivity index (χ2v) is 4.54. The number of nitrogens with zero attached hydrogens (tertiary/aromatic N) is 2. The van der Waals surface area contributed by atoms with Crippen LogP contribution in [0.25, 0.3) is 0 Å². The number of hydrogen-bond acceptors (Lipinski definition) is 4. The molecule has 1 rings (SSSR count). The van der Waals surface area contributed by atoms with Crippen molar-refractivity contribution < 1.29 is 4.74 Å². The van der Waals surface area contributed by atoms with Crippen molar-refractivity contribution in [2.24, 2.45) is 0 Å². The maximum absolute atomic E-state index is 5.73. The van der Waals surface area contributed by atoms with Crippen molar-refractivity contribution in [2.75, 3.05) is 19.0 Å². The zero-order valence-corrected chi connectivity index (χ0v) is 11.8. The molecule has 1 heterocycles. The molecule has 0 aliphatic rings. The minimum Gasteiger partial charge on any atom is -0.477 e. The number of allylic oxidation sites excluding steroid dienone is 1. The van der Waals surface area contributed by atoms with Crippen LogP contribution in [0.15, 0.2) is 12.7 Å². The van der Waals surface area contributed by atoms with Crippen molar-refractivity contribution in [1.82, 2.24) is 9.97 Å². The van der Waals surface area contributed by atoms with Gasteiger partial charge in [0.15, 0.2) is 0 Å². The van der Waals surface area contributed by atoms with Gasteiger partial charge < -0.3 is 10.1 Å². The molecule has 100 valence electrons. The summed E-state index contributed by atoms with van der Waals surface area (Å²) in [6.45, 7) is 10.5. The van der Waals surface area contributed by atoms with Crippen LogP contribution in [0.4, 0.5) is 5.82 Å². The summed E-state index contributed by atoms with van der Waals surface area (Å²) >= 11 is 0. The van der Waals surface area contributed by atoms with Gasteiger partial charge in [-0.3, -0.25) is 0 Å². The van der Waals surface area contributed by atoms with Crippen molar-refractivity contribution in [3.63, 3.8) is 0 Å². The van der Waals surface area contributed by atoms with Crippen molar-refractivity contribution in [3.8, 4) is 5.88 Å². The number of hydrogen-bond donors (Lipinski definition) is 1. The van der Waals surface area contributed by atoms with Crippen LogP contribution in [-0.4, -0.2) is 23.6 Å². The lowest BCUT2D eigenvalue weighted by atomic mass is 10.2. The van der Waals surface area contributed by atoms with Crippen molar-refractivity contribution in [3.05, 3.63) is 24.0 Å². The molecule has 4 heteroatoms. The molecular formula is C14H23N3O. The van der Waals surface area contributed by atoms with Crippen molar-refractivity contribution in [1.29, 1.82) is 0 Å². The van der Waals surface area contributed by atoms with E-state index >= 15 is 0 Å². The van der Waals surface area contributed by atoms with Crippen LogP contribution in [0.5, 0.6) is 5.88 Å². The fourth-order valence-corrected chi connectivity index (χ4v) is 1.55. The average molecular weight is 249 g/mol. The van der Waals surface area contributed by atoms with Crippen LogP contribution in [0.1, 0.15) is 44.0 Å². The van der Waals surface area contributed by atoms with Crippen LogP contribution >= 0.6 is 0 Å². The first-order chi connectivity index (χ1) is 8.60. The molecule has 1 N–H and O–H groups in total. The van der Waals surface area contributed by atoms with E-state index in [2.05, 4.69) is 35.7 Å². The highest BCUT2D eigenvalue weighted by Gasteiger charge is 2.13. The largest absolute Gasteiger partial charge is 0.477 e. The molecule has 0 amide bonds. The quantitative estimate of drug-likeness (QED) is 0.595. The van der Waals surface area contributed by atoms with Gasteiger partial charge in [0, 0.05) is 13.0 Å². The van der Waals surface area contributed by atoms with Crippen LogP contribution in [-0.2, 0) is 0 Å². The highest BCUT2D eigenvalue weighted by molar-refractivity contribution is 5.48. The molecule has 0 aromatic carbocycles. The minimum absolute atomic E-state index is 0.285. The fourth-order valence-electron chi connectivity index (χ4n) is 1.55. The van der Waals surface area contributed by atoms with Gasteiger partial charge in [-0.2, -0.15) is 4.98 Å². The monoisotopic (exact) mass is 249 g/mol. The topological polar surface area (TPSA) is 47.0 Å². The molecule has 0 atom stereocenters. The van der Waals surface area contributed by atoms with Crippen LogP contribution in [0.3, 0.4) is 0 Å². The number of ether oxygens (including phenoxy) is 1. The normalized spacial score (nSPS) is 10.5. The Bertz CT molecular complexity index is 402. The van der Waals surface area contributed by atoms with E-state index in [9.17, 15) is 0 Å². The van der Waals surface area contributed by atoms with E-state index in [-0.39, 0.29) is 5.92 Å². The summed E-state index contributed by atoms with van der Waals surface area (Å²) in [7, 11) is 1.86. The number of rotatable bonds is 7. The second-order valence-electron chi connectivity index (χ2n) is 4.54. The van der Waals surface area contributed by atoms with E-state index < -0.39 is 0 Å². The average Bonchev–Trinajstić information content (AvgIpc) is 2.36. The lowest BCUT2D eigenvalue weighted by Crippen LogP contribution is -2.09. The lowest BCUT2D eigenvalue weighted by molar-refractivity contribution is 0.296. The molecule has 0 aliphatic heterocycles. The first kappa shape index (κ1) is 14.5. The Morgan fingerprint density at radius 1 is 1.39 bits per heavy atom. The Morgan fingerprint density at radius 2 is 2.11 bits per heavy atom. The van der Waals surface area contributed by atoms with E-state index in [1.807, 2.05) is 20.0 Å². The van der Waals surface area contributed by atoms with Gasteiger partial charge in [0.1, 0.15) is 11.6 Å². The first-order valence-corrected chi connectivity index (χ1v) is 6.40. The number of unbranched alkanes of at least 4 members (excludes halogenated alkanes) is 1. The maximum Gasteiger partial charge on any atom is 0.221 e. The third-order valence-corrected chi connectivity index (χ3v) is 2.66. The Hall–Kier alpha value is -1.58.